The molecule has 0 amide bonds. The number of halogens is 6. The Morgan fingerprint density at radius 2 is 1.30 bits per heavy atom. The van der Waals surface area contributed by atoms with Gasteiger partial charge in [0, 0.05) is 29.4 Å². The van der Waals surface area contributed by atoms with Crippen LogP contribution in [0.5, 0.6) is 11.8 Å². The molecule has 8 heterocycles. The molecule has 4 aliphatic heterocycles. The molecule has 4 aromatic heterocycles. The highest BCUT2D eigenvalue weighted by molar-refractivity contribution is 9.10. The van der Waals surface area contributed by atoms with E-state index in [2.05, 4.69) is 56.5 Å². The van der Waals surface area contributed by atoms with Gasteiger partial charge in [-0.05, 0) is 117 Å². The molecule has 2 fully saturated rings. The molecule has 0 saturated heterocycles. The van der Waals surface area contributed by atoms with Gasteiger partial charge in [0.2, 0.25) is 11.8 Å². The van der Waals surface area contributed by atoms with Crippen LogP contribution >= 0.6 is 31.9 Å². The van der Waals surface area contributed by atoms with Gasteiger partial charge in [0.1, 0.15) is 41.0 Å². The van der Waals surface area contributed by atoms with Crippen molar-refractivity contribution in [3.05, 3.63) is 127 Å². The number of methoxy groups -OCH3 is 4. The van der Waals surface area contributed by atoms with Gasteiger partial charge in [-0.2, -0.15) is 0 Å². The van der Waals surface area contributed by atoms with Gasteiger partial charge >= 0.3 is 11.9 Å². The van der Waals surface area contributed by atoms with Crippen molar-refractivity contribution in [2.45, 2.75) is 55.7 Å². The summed E-state index contributed by atoms with van der Waals surface area (Å²) in [6.45, 7) is 0. The number of aliphatic hydroxyl groups is 1. The number of hydrogen-bond donors (Lipinski definition) is 1. The van der Waals surface area contributed by atoms with E-state index in [0.717, 1.165) is 59.9 Å². The zero-order valence-corrected chi connectivity index (χ0v) is 37.4. The number of ether oxygens (including phenoxy) is 4. The quantitative estimate of drug-likeness (QED) is 0.0917. The van der Waals surface area contributed by atoms with E-state index in [1.54, 1.807) is 29.0 Å². The SMILES string of the molecule is COC(=O)c1cn2c(n1)-c1cc(Br)c(F)cc1C1CC2C1.COC(=O)c1nc2n(c1C(O)c1cc(F)cnc1OC)C1CC(C1)c1cc(F)c(Br)cc1-2.COc1ncc(F)cc1C=O. The summed E-state index contributed by atoms with van der Waals surface area (Å²) < 4.78 is 78.6. The number of nitrogens with zero attached hydrogens (tertiary/aromatic N) is 6. The van der Waals surface area contributed by atoms with Crippen molar-refractivity contribution in [2.75, 3.05) is 28.4 Å². The van der Waals surface area contributed by atoms with Crippen molar-refractivity contribution < 1.29 is 56.0 Å². The van der Waals surface area contributed by atoms with Crippen molar-refractivity contribution >= 4 is 50.1 Å². The highest BCUT2D eigenvalue weighted by atomic mass is 79.9. The van der Waals surface area contributed by atoms with Crippen molar-refractivity contribution in [1.29, 1.82) is 0 Å². The third-order valence-electron chi connectivity index (χ3n) is 11.7. The largest absolute Gasteiger partial charge is 0.481 e. The lowest BCUT2D eigenvalue weighted by atomic mass is 9.75. The Hall–Kier alpha value is -5.99. The Kier molecular flexibility index (Phi) is 12.5. The second-order valence-electron chi connectivity index (χ2n) is 15.3. The van der Waals surface area contributed by atoms with Gasteiger partial charge in [-0.25, -0.2) is 47.1 Å². The monoisotopic (exact) mass is 1010 g/mol. The summed E-state index contributed by atoms with van der Waals surface area (Å²) in [7, 11) is 5.28. The molecule has 12 rings (SSSR count). The molecule has 6 aliphatic rings. The summed E-state index contributed by atoms with van der Waals surface area (Å²) in [5.74, 6) is -1.24. The van der Waals surface area contributed by atoms with Gasteiger partial charge in [0.05, 0.1) is 66.6 Å². The van der Waals surface area contributed by atoms with Crippen molar-refractivity contribution in [3.63, 3.8) is 0 Å². The van der Waals surface area contributed by atoms with Crippen LogP contribution in [0.1, 0.15) is 109 Å². The minimum Gasteiger partial charge on any atom is -0.481 e. The fraction of sp³-hybridized carbons (Fsp3) is 0.295. The zero-order chi connectivity index (χ0) is 45.7. The third-order valence-corrected chi connectivity index (χ3v) is 13.0. The average Bonchev–Trinajstić information content (AvgIpc) is 3.75. The maximum atomic E-state index is 14.3. The molecule has 6 aromatic rings. The van der Waals surface area contributed by atoms with Crippen LogP contribution in [-0.4, -0.2) is 80.8 Å². The van der Waals surface area contributed by atoms with Crippen molar-refractivity contribution in [2.24, 2.45) is 0 Å². The van der Waals surface area contributed by atoms with Gasteiger partial charge < -0.3 is 33.2 Å². The van der Waals surface area contributed by atoms with Gasteiger partial charge in [-0.3, -0.25) is 4.79 Å². The van der Waals surface area contributed by atoms with Gasteiger partial charge in [0.15, 0.2) is 17.7 Å². The lowest BCUT2D eigenvalue weighted by Crippen LogP contribution is -2.26. The molecule has 0 radical (unpaired) electrons. The second-order valence-corrected chi connectivity index (χ2v) is 17.0. The summed E-state index contributed by atoms with van der Waals surface area (Å²) >= 11 is 6.46. The first-order valence-corrected chi connectivity index (χ1v) is 21.2. The molecule has 0 spiro atoms. The van der Waals surface area contributed by atoms with Crippen LogP contribution < -0.4 is 9.47 Å². The summed E-state index contributed by atoms with van der Waals surface area (Å²) in [6, 6.07) is 8.88. The molecule has 14 nitrogen and oxygen atoms in total. The lowest BCUT2D eigenvalue weighted by Gasteiger charge is -2.36. The summed E-state index contributed by atoms with van der Waals surface area (Å²) in [4.78, 5) is 51.0. The molecule has 4 bridgehead atoms. The van der Waals surface area contributed by atoms with E-state index in [-0.39, 0.29) is 62.3 Å². The minimum atomic E-state index is -1.46. The Morgan fingerprint density at radius 1 is 0.750 bits per heavy atom. The highest BCUT2D eigenvalue weighted by Crippen LogP contribution is 2.55. The van der Waals surface area contributed by atoms with E-state index in [1.807, 2.05) is 4.57 Å². The molecule has 2 saturated carbocycles. The smallest absolute Gasteiger partial charge is 0.358 e. The van der Waals surface area contributed by atoms with E-state index in [0.29, 0.717) is 52.6 Å². The fourth-order valence-electron chi connectivity index (χ4n) is 8.55. The van der Waals surface area contributed by atoms with E-state index < -0.39 is 29.7 Å². The topological polar surface area (TPSA) is 170 Å². The first kappa shape index (κ1) is 44.6. The van der Waals surface area contributed by atoms with Gasteiger partial charge in [-0.15, -0.1) is 0 Å². The molecule has 332 valence electrons. The van der Waals surface area contributed by atoms with Gasteiger partial charge in [-0.1, -0.05) is 0 Å². The molecule has 20 heteroatoms. The normalized spacial score (nSPS) is 18.4. The number of pyridine rings is 2. The predicted molar refractivity (Wildman–Crippen MR) is 226 cm³/mol. The maximum Gasteiger partial charge on any atom is 0.358 e. The molecule has 1 atom stereocenters. The van der Waals surface area contributed by atoms with Crippen molar-refractivity contribution in [3.8, 4) is 34.5 Å². The Morgan fingerprint density at radius 3 is 1.86 bits per heavy atom. The van der Waals surface area contributed by atoms with Crippen molar-refractivity contribution in [1.82, 2.24) is 29.1 Å². The summed E-state index contributed by atoms with van der Waals surface area (Å²) in [5.41, 5.74) is 3.87. The summed E-state index contributed by atoms with van der Waals surface area (Å²) in [5, 5.41) is 11.3. The molecule has 64 heavy (non-hydrogen) atoms. The lowest BCUT2D eigenvalue weighted by molar-refractivity contribution is 0.0581. The van der Waals surface area contributed by atoms with E-state index in [1.165, 1.54) is 34.5 Å². The maximum absolute atomic E-state index is 14.3. The zero-order valence-electron chi connectivity index (χ0n) is 34.2. The minimum absolute atomic E-state index is 0.0237. The number of benzene rings is 2. The molecular weight excluding hydrogens is 976 g/mol. The summed E-state index contributed by atoms with van der Waals surface area (Å²) in [6.07, 6.45) is 6.04. The van der Waals surface area contributed by atoms with Crippen LogP contribution in [0.25, 0.3) is 22.8 Å². The Balaban J connectivity index is 0.000000149. The molecule has 1 N–H and O–H groups in total. The van der Waals surface area contributed by atoms with Crippen LogP contribution in [0.2, 0.25) is 0 Å². The number of hydrogen-bond acceptors (Lipinski definition) is 12. The molecule has 2 aromatic carbocycles. The molecule has 2 aliphatic carbocycles. The van der Waals surface area contributed by atoms with Crippen LogP contribution in [0.3, 0.4) is 0 Å². The van der Waals surface area contributed by atoms with E-state index in [4.69, 9.17) is 14.2 Å². The molecular formula is C44H36Br2F4N6O8. The third kappa shape index (κ3) is 7.95. The van der Waals surface area contributed by atoms with E-state index >= 15 is 0 Å². The number of esters is 2. The number of aldehydes is 1. The first-order chi connectivity index (χ1) is 30.7. The first-order valence-electron chi connectivity index (χ1n) is 19.6. The number of imidazole rings is 2. The highest BCUT2D eigenvalue weighted by Gasteiger charge is 2.44. The van der Waals surface area contributed by atoms with Crippen LogP contribution in [0, 0.1) is 23.3 Å². The standard InChI is InChI=1S/C22H18BrF2N3O4.C15H12BrFN2O2.C7H6FNO2/c1-31-21-14(5-10(24)8-26-21)19(29)18-17(22(30)32-2)27-20-13-6-15(23)16(25)7-12(13)9-3-11(4-9)28(18)20;1-21-15(20)13-6-19-8-2-7(3-8)9-5-12(17)11(16)4-10(9)14(19)18-13;1-11-7-5(4-10)2-6(8)3-9-7/h5-9,11,19,29H,3-4H2,1-2H3;4-8H,2-3H2,1H3;2-4H,1H3. The average molecular weight is 1010 g/mol. The number of aliphatic hydroxyl groups excluding tert-OH is 1. The second kappa shape index (κ2) is 17.9. The number of aromatic nitrogens is 6. The number of carbonyl (C=O) groups excluding carboxylic acids is 3. The number of rotatable bonds is 7. The Bertz CT molecular complexity index is 2850. The fourth-order valence-corrected chi connectivity index (χ4v) is 9.24. The molecule has 1 unspecified atom stereocenters. The number of carbonyl (C=O) groups is 3. The predicted octanol–water partition coefficient (Wildman–Crippen LogP) is 9.01. The van der Waals surface area contributed by atoms with Crippen LogP contribution in [0.4, 0.5) is 17.6 Å². The van der Waals surface area contributed by atoms with Crippen LogP contribution in [0.15, 0.2) is 63.9 Å². The van der Waals surface area contributed by atoms with Gasteiger partial charge in [0.25, 0.3) is 0 Å². The van der Waals surface area contributed by atoms with E-state index in [9.17, 15) is 37.1 Å². The Labute approximate surface area is 378 Å². The van der Waals surface area contributed by atoms with Crippen LogP contribution in [-0.2, 0) is 9.47 Å².